The van der Waals surface area contributed by atoms with Gasteiger partial charge in [-0.25, -0.2) is 4.98 Å². The number of nitrogens with zero attached hydrogens (tertiary/aromatic N) is 1. The van der Waals surface area contributed by atoms with Crippen molar-refractivity contribution in [2.75, 3.05) is 0 Å². The Labute approximate surface area is 135 Å². The first-order valence-electron chi connectivity index (χ1n) is 7.58. The highest BCUT2D eigenvalue weighted by atomic mass is 16.5. The van der Waals surface area contributed by atoms with Crippen molar-refractivity contribution in [1.29, 1.82) is 0 Å². The molecule has 110 valence electrons. The van der Waals surface area contributed by atoms with Crippen LogP contribution in [0.25, 0.3) is 22.0 Å². The Morgan fingerprint density at radius 3 is 2.09 bits per heavy atom. The van der Waals surface area contributed by atoms with Gasteiger partial charge in [-0.2, -0.15) is 0 Å². The topological polar surface area (TPSA) is 22.1 Å². The van der Waals surface area contributed by atoms with Crippen LogP contribution in [0.1, 0.15) is 0 Å². The van der Waals surface area contributed by atoms with Gasteiger partial charge in [0.05, 0.1) is 5.69 Å². The molecule has 0 saturated heterocycles. The fraction of sp³-hybridized carbons (Fsp3) is 0. The number of pyridine rings is 1. The van der Waals surface area contributed by atoms with Gasteiger partial charge in [0, 0.05) is 10.9 Å². The van der Waals surface area contributed by atoms with Crippen molar-refractivity contribution in [1.82, 2.24) is 4.98 Å². The molecule has 1 heterocycles. The van der Waals surface area contributed by atoms with Crippen molar-refractivity contribution in [2.24, 2.45) is 0 Å². The van der Waals surface area contributed by atoms with Crippen molar-refractivity contribution in [3.63, 3.8) is 0 Å². The predicted molar refractivity (Wildman–Crippen MR) is 93.7 cm³/mol. The maximum Gasteiger partial charge on any atom is 0.227 e. The van der Waals surface area contributed by atoms with Crippen LogP contribution in [-0.4, -0.2) is 4.98 Å². The second-order valence-electron chi connectivity index (χ2n) is 5.31. The summed E-state index contributed by atoms with van der Waals surface area (Å²) in [4.78, 5) is 4.74. The molecular weight excluding hydrogens is 282 g/mol. The molecule has 0 N–H and O–H groups in total. The van der Waals surface area contributed by atoms with Crippen LogP contribution in [0.2, 0.25) is 0 Å². The lowest BCUT2D eigenvalue weighted by Crippen LogP contribution is -1.92. The van der Waals surface area contributed by atoms with Gasteiger partial charge in [0.2, 0.25) is 5.88 Å². The SMILES string of the molecule is c1ccc(Oc2nc(-c3ccccc3)cc3ccccc23)cc1. The molecule has 4 aromatic rings. The molecule has 0 unspecified atom stereocenters. The highest BCUT2D eigenvalue weighted by molar-refractivity contribution is 5.90. The predicted octanol–water partition coefficient (Wildman–Crippen LogP) is 5.69. The van der Waals surface area contributed by atoms with Crippen molar-refractivity contribution >= 4 is 10.8 Å². The average Bonchev–Trinajstić information content (AvgIpc) is 2.63. The van der Waals surface area contributed by atoms with Crippen molar-refractivity contribution in [3.8, 4) is 22.9 Å². The van der Waals surface area contributed by atoms with E-state index in [1.54, 1.807) is 0 Å². The van der Waals surface area contributed by atoms with Crippen molar-refractivity contribution in [3.05, 3.63) is 91.0 Å². The van der Waals surface area contributed by atoms with Crippen LogP contribution in [-0.2, 0) is 0 Å². The highest BCUT2D eigenvalue weighted by Gasteiger charge is 2.09. The van der Waals surface area contributed by atoms with E-state index in [1.165, 1.54) is 0 Å². The zero-order valence-corrected chi connectivity index (χ0v) is 12.5. The normalized spacial score (nSPS) is 10.6. The molecule has 0 atom stereocenters. The Morgan fingerprint density at radius 1 is 0.652 bits per heavy atom. The van der Waals surface area contributed by atoms with Crippen LogP contribution in [0, 0.1) is 0 Å². The molecule has 0 bridgehead atoms. The molecule has 0 aliphatic heterocycles. The number of benzene rings is 3. The third-order valence-electron chi connectivity index (χ3n) is 3.73. The van der Waals surface area contributed by atoms with Crippen LogP contribution >= 0.6 is 0 Å². The molecule has 2 nitrogen and oxygen atoms in total. The first-order chi connectivity index (χ1) is 11.4. The van der Waals surface area contributed by atoms with E-state index in [0.29, 0.717) is 5.88 Å². The van der Waals surface area contributed by atoms with E-state index in [-0.39, 0.29) is 0 Å². The Hall–Kier alpha value is -3.13. The first-order valence-corrected chi connectivity index (χ1v) is 7.58. The number of fused-ring (bicyclic) bond motifs is 1. The maximum atomic E-state index is 6.04. The standard InChI is InChI=1S/C21H15NO/c1-3-9-16(10-4-1)20-15-17-11-7-8-14-19(17)21(22-20)23-18-12-5-2-6-13-18/h1-15H. The minimum absolute atomic E-state index is 0.633. The van der Waals surface area contributed by atoms with Crippen LogP contribution in [0.4, 0.5) is 0 Å². The molecular formula is C21H15NO. The number of ether oxygens (including phenoxy) is 1. The van der Waals surface area contributed by atoms with Gasteiger partial charge in [-0.3, -0.25) is 0 Å². The summed E-state index contributed by atoms with van der Waals surface area (Å²) < 4.78 is 6.04. The Kier molecular flexibility index (Phi) is 3.49. The van der Waals surface area contributed by atoms with E-state index in [4.69, 9.17) is 9.72 Å². The van der Waals surface area contributed by atoms with Gasteiger partial charge in [-0.1, -0.05) is 66.7 Å². The van der Waals surface area contributed by atoms with Crippen LogP contribution < -0.4 is 4.74 Å². The first kappa shape index (κ1) is 13.5. The van der Waals surface area contributed by atoms with E-state index in [1.807, 2.05) is 66.7 Å². The Morgan fingerprint density at radius 2 is 1.30 bits per heavy atom. The summed E-state index contributed by atoms with van der Waals surface area (Å²) in [5, 5.41) is 2.13. The highest BCUT2D eigenvalue weighted by Crippen LogP contribution is 2.31. The Balaban J connectivity index is 1.87. The molecule has 0 aliphatic carbocycles. The van der Waals surface area contributed by atoms with Gasteiger partial charge >= 0.3 is 0 Å². The summed E-state index contributed by atoms with van der Waals surface area (Å²) in [5.74, 6) is 1.42. The van der Waals surface area contributed by atoms with Gasteiger partial charge in [-0.15, -0.1) is 0 Å². The van der Waals surface area contributed by atoms with E-state index < -0.39 is 0 Å². The molecule has 4 rings (SSSR count). The number of hydrogen-bond donors (Lipinski definition) is 0. The summed E-state index contributed by atoms with van der Waals surface area (Å²) in [6.45, 7) is 0. The van der Waals surface area contributed by atoms with Crippen LogP contribution in [0.15, 0.2) is 91.0 Å². The molecule has 2 heteroatoms. The molecule has 1 aromatic heterocycles. The van der Waals surface area contributed by atoms with Crippen molar-refractivity contribution < 1.29 is 4.74 Å². The maximum absolute atomic E-state index is 6.04. The number of aromatic nitrogens is 1. The van der Waals surface area contributed by atoms with Gasteiger partial charge in [0.1, 0.15) is 5.75 Å². The minimum Gasteiger partial charge on any atom is -0.438 e. The fourth-order valence-electron chi connectivity index (χ4n) is 2.60. The summed E-state index contributed by atoms with van der Waals surface area (Å²) in [7, 11) is 0. The van der Waals surface area contributed by atoms with Crippen LogP contribution in [0.5, 0.6) is 11.6 Å². The smallest absolute Gasteiger partial charge is 0.227 e. The second kappa shape index (κ2) is 5.93. The van der Waals surface area contributed by atoms with E-state index >= 15 is 0 Å². The van der Waals surface area contributed by atoms with Crippen molar-refractivity contribution in [2.45, 2.75) is 0 Å². The zero-order chi connectivity index (χ0) is 15.5. The lowest BCUT2D eigenvalue weighted by Gasteiger charge is -2.11. The lowest BCUT2D eigenvalue weighted by atomic mass is 10.1. The summed E-state index contributed by atoms with van der Waals surface area (Å²) >= 11 is 0. The zero-order valence-electron chi connectivity index (χ0n) is 12.5. The second-order valence-corrected chi connectivity index (χ2v) is 5.31. The Bertz CT molecular complexity index is 933. The van der Waals surface area contributed by atoms with E-state index in [0.717, 1.165) is 27.8 Å². The average molecular weight is 297 g/mol. The third kappa shape index (κ3) is 2.79. The van der Waals surface area contributed by atoms with E-state index in [2.05, 4.69) is 24.3 Å². The van der Waals surface area contributed by atoms with Crippen LogP contribution in [0.3, 0.4) is 0 Å². The molecule has 23 heavy (non-hydrogen) atoms. The van der Waals surface area contributed by atoms with Gasteiger partial charge in [0.25, 0.3) is 0 Å². The molecule has 0 amide bonds. The molecule has 0 radical (unpaired) electrons. The van der Waals surface area contributed by atoms with Gasteiger partial charge in [0.15, 0.2) is 0 Å². The number of rotatable bonds is 3. The third-order valence-corrected chi connectivity index (χ3v) is 3.73. The summed E-state index contributed by atoms with van der Waals surface area (Å²) in [6.07, 6.45) is 0. The largest absolute Gasteiger partial charge is 0.438 e. The van der Waals surface area contributed by atoms with Gasteiger partial charge < -0.3 is 4.74 Å². The quantitative estimate of drug-likeness (QED) is 0.484. The monoisotopic (exact) mass is 297 g/mol. The fourth-order valence-corrected chi connectivity index (χ4v) is 2.60. The number of hydrogen-bond acceptors (Lipinski definition) is 2. The number of para-hydroxylation sites is 1. The molecule has 0 saturated carbocycles. The molecule has 0 fully saturated rings. The van der Waals surface area contributed by atoms with E-state index in [9.17, 15) is 0 Å². The minimum atomic E-state index is 0.633. The lowest BCUT2D eigenvalue weighted by molar-refractivity contribution is 0.470. The molecule has 3 aromatic carbocycles. The molecule has 0 spiro atoms. The summed E-state index contributed by atoms with van der Waals surface area (Å²) in [5.41, 5.74) is 1.99. The molecule has 0 aliphatic rings. The summed E-state index contributed by atoms with van der Waals surface area (Å²) in [6, 6.07) is 30.2. The van der Waals surface area contributed by atoms with Gasteiger partial charge in [-0.05, 0) is 29.7 Å².